The minimum atomic E-state index is -0.262. The third-order valence-corrected chi connectivity index (χ3v) is 6.41. The van der Waals surface area contributed by atoms with E-state index in [1.165, 1.54) is 50.5 Å². The highest BCUT2D eigenvalue weighted by molar-refractivity contribution is 5.29. The molecule has 2 heterocycles. The van der Waals surface area contributed by atoms with E-state index >= 15 is 0 Å². The van der Waals surface area contributed by atoms with Gasteiger partial charge in [0, 0.05) is 12.1 Å². The Bertz CT molecular complexity index is 496. The van der Waals surface area contributed by atoms with E-state index in [9.17, 15) is 5.11 Å². The summed E-state index contributed by atoms with van der Waals surface area (Å²) in [6.45, 7) is 0. The molecule has 1 aliphatic carbocycles. The average molecular weight is 285 g/mol. The van der Waals surface area contributed by atoms with E-state index in [0.29, 0.717) is 18.0 Å². The Balaban J connectivity index is 1.51. The number of hydrogen-bond acceptors (Lipinski definition) is 2. The summed E-state index contributed by atoms with van der Waals surface area (Å²) in [7, 11) is 2.27. The van der Waals surface area contributed by atoms with Crippen LogP contribution in [0.2, 0.25) is 0 Å². The van der Waals surface area contributed by atoms with Gasteiger partial charge in [0.1, 0.15) is 0 Å². The summed E-state index contributed by atoms with van der Waals surface area (Å²) >= 11 is 0. The molecule has 2 heteroatoms. The van der Waals surface area contributed by atoms with Crippen molar-refractivity contribution in [3.05, 3.63) is 35.4 Å². The molecule has 4 rings (SSSR count). The van der Waals surface area contributed by atoms with Crippen LogP contribution < -0.4 is 0 Å². The van der Waals surface area contributed by atoms with Crippen molar-refractivity contribution in [2.24, 2.45) is 5.92 Å². The van der Waals surface area contributed by atoms with Crippen molar-refractivity contribution in [3.8, 4) is 0 Å². The molecule has 114 valence electrons. The summed E-state index contributed by atoms with van der Waals surface area (Å²) in [4.78, 5) is 2.55. The van der Waals surface area contributed by atoms with E-state index < -0.39 is 0 Å². The fourth-order valence-corrected chi connectivity index (χ4v) is 4.72. The highest BCUT2D eigenvalue weighted by atomic mass is 16.3. The van der Waals surface area contributed by atoms with Crippen molar-refractivity contribution >= 4 is 0 Å². The van der Waals surface area contributed by atoms with Crippen LogP contribution in [0.1, 0.15) is 68.1 Å². The first-order chi connectivity index (χ1) is 10.2. The van der Waals surface area contributed by atoms with Crippen molar-refractivity contribution in [2.75, 3.05) is 7.05 Å². The van der Waals surface area contributed by atoms with Crippen molar-refractivity contribution in [1.29, 1.82) is 0 Å². The lowest BCUT2D eigenvalue weighted by Gasteiger charge is -2.38. The molecule has 1 aromatic carbocycles. The lowest BCUT2D eigenvalue weighted by atomic mass is 9.78. The molecule has 0 amide bonds. The van der Waals surface area contributed by atoms with Crippen LogP contribution in [-0.4, -0.2) is 29.1 Å². The van der Waals surface area contributed by atoms with Gasteiger partial charge in [-0.2, -0.15) is 0 Å². The highest BCUT2D eigenvalue weighted by Gasteiger charge is 2.41. The smallest absolute Gasteiger partial charge is 0.0819 e. The second kappa shape index (κ2) is 5.40. The Morgan fingerprint density at radius 2 is 1.81 bits per heavy atom. The molecule has 1 N–H and O–H groups in total. The SMILES string of the molecule is CN1C2CCC1CC(C(O)c1cccc(C3CCC3)c1)C2. The Labute approximate surface area is 128 Å². The van der Waals surface area contributed by atoms with Crippen LogP contribution in [0.15, 0.2) is 24.3 Å². The van der Waals surface area contributed by atoms with Crippen molar-refractivity contribution in [1.82, 2.24) is 4.90 Å². The predicted octanol–water partition coefficient (Wildman–Crippen LogP) is 3.86. The molecule has 0 aromatic heterocycles. The third kappa shape index (κ3) is 2.43. The topological polar surface area (TPSA) is 23.5 Å². The van der Waals surface area contributed by atoms with Gasteiger partial charge in [-0.1, -0.05) is 30.7 Å². The van der Waals surface area contributed by atoms with Crippen molar-refractivity contribution in [3.63, 3.8) is 0 Å². The van der Waals surface area contributed by atoms with E-state index in [-0.39, 0.29) is 6.10 Å². The van der Waals surface area contributed by atoms with Crippen LogP contribution in [0.3, 0.4) is 0 Å². The number of aliphatic hydroxyl groups is 1. The number of nitrogens with zero attached hydrogens (tertiary/aromatic N) is 1. The molecule has 3 aliphatic rings. The molecule has 2 bridgehead atoms. The van der Waals surface area contributed by atoms with E-state index in [4.69, 9.17) is 0 Å². The first-order valence-corrected chi connectivity index (χ1v) is 8.72. The standard InChI is InChI=1S/C19H27NO/c1-20-17-8-9-18(20)12-16(11-17)19(21)15-7-3-6-14(10-15)13-4-2-5-13/h3,6-7,10,13,16-19,21H,2,4-5,8-9,11-12H2,1H3. The zero-order valence-electron chi connectivity index (χ0n) is 13.0. The van der Waals surface area contributed by atoms with E-state index in [1.54, 1.807) is 0 Å². The summed E-state index contributed by atoms with van der Waals surface area (Å²) in [5, 5.41) is 10.9. The second-order valence-corrected chi connectivity index (χ2v) is 7.52. The summed E-state index contributed by atoms with van der Waals surface area (Å²) in [6, 6.07) is 10.2. The number of hydrogen-bond donors (Lipinski definition) is 1. The van der Waals surface area contributed by atoms with Gasteiger partial charge in [0.05, 0.1) is 6.10 Å². The van der Waals surface area contributed by atoms with Gasteiger partial charge in [0.15, 0.2) is 0 Å². The van der Waals surface area contributed by atoms with Gasteiger partial charge in [-0.05, 0) is 68.5 Å². The molecule has 2 nitrogen and oxygen atoms in total. The average Bonchev–Trinajstić information content (AvgIpc) is 2.66. The summed E-state index contributed by atoms with van der Waals surface area (Å²) in [5.41, 5.74) is 2.61. The lowest BCUT2D eigenvalue weighted by molar-refractivity contribution is 0.0356. The van der Waals surface area contributed by atoms with Crippen LogP contribution in [0.5, 0.6) is 0 Å². The van der Waals surface area contributed by atoms with E-state index in [1.807, 2.05) is 0 Å². The molecule has 1 aromatic rings. The van der Waals surface area contributed by atoms with Crippen molar-refractivity contribution in [2.45, 2.75) is 69.1 Å². The predicted molar refractivity (Wildman–Crippen MR) is 85.3 cm³/mol. The first-order valence-electron chi connectivity index (χ1n) is 8.72. The molecule has 0 spiro atoms. The minimum Gasteiger partial charge on any atom is -0.388 e. The fraction of sp³-hybridized carbons (Fsp3) is 0.684. The van der Waals surface area contributed by atoms with Crippen LogP contribution in [0.25, 0.3) is 0 Å². The highest BCUT2D eigenvalue weighted by Crippen LogP contribution is 2.43. The van der Waals surface area contributed by atoms with Gasteiger partial charge >= 0.3 is 0 Å². The van der Waals surface area contributed by atoms with Gasteiger partial charge in [-0.25, -0.2) is 0 Å². The monoisotopic (exact) mass is 285 g/mol. The van der Waals surface area contributed by atoms with Gasteiger partial charge < -0.3 is 10.0 Å². The van der Waals surface area contributed by atoms with Gasteiger partial charge in [0.2, 0.25) is 0 Å². The second-order valence-electron chi connectivity index (χ2n) is 7.52. The molecule has 2 aliphatic heterocycles. The first kappa shape index (κ1) is 13.8. The Hall–Kier alpha value is -0.860. The van der Waals surface area contributed by atoms with Gasteiger partial charge in [0.25, 0.3) is 0 Å². The van der Waals surface area contributed by atoms with E-state index in [2.05, 4.69) is 36.2 Å². The number of piperidine rings is 1. The van der Waals surface area contributed by atoms with Crippen LogP contribution >= 0.6 is 0 Å². The quantitative estimate of drug-likeness (QED) is 0.911. The Kier molecular flexibility index (Phi) is 3.55. The van der Waals surface area contributed by atoms with Crippen LogP contribution in [0.4, 0.5) is 0 Å². The molecule has 3 unspecified atom stereocenters. The molecule has 3 fully saturated rings. The molecule has 1 saturated carbocycles. The molecule has 3 atom stereocenters. The Morgan fingerprint density at radius 3 is 2.43 bits per heavy atom. The number of aliphatic hydroxyl groups excluding tert-OH is 1. The molecular formula is C19H27NO. The normalized spacial score (nSPS) is 34.7. The molecular weight excluding hydrogens is 258 g/mol. The van der Waals surface area contributed by atoms with Crippen LogP contribution in [0, 0.1) is 5.92 Å². The number of benzene rings is 1. The maximum atomic E-state index is 10.9. The van der Waals surface area contributed by atoms with Crippen molar-refractivity contribution < 1.29 is 5.11 Å². The molecule has 21 heavy (non-hydrogen) atoms. The lowest BCUT2D eigenvalue weighted by Crippen LogP contribution is -2.41. The number of fused-ring (bicyclic) bond motifs is 2. The maximum Gasteiger partial charge on any atom is 0.0819 e. The number of rotatable bonds is 3. The summed E-state index contributed by atoms with van der Waals surface area (Å²) < 4.78 is 0. The Morgan fingerprint density at radius 1 is 1.10 bits per heavy atom. The molecule has 2 saturated heterocycles. The van der Waals surface area contributed by atoms with Crippen LogP contribution in [-0.2, 0) is 0 Å². The maximum absolute atomic E-state index is 10.9. The van der Waals surface area contributed by atoms with Gasteiger partial charge in [-0.3, -0.25) is 0 Å². The zero-order valence-corrected chi connectivity index (χ0v) is 13.0. The largest absolute Gasteiger partial charge is 0.388 e. The van der Waals surface area contributed by atoms with Gasteiger partial charge in [-0.15, -0.1) is 0 Å². The summed E-state index contributed by atoms with van der Waals surface area (Å²) in [6.07, 6.45) is 8.76. The summed E-state index contributed by atoms with van der Waals surface area (Å²) in [5.74, 6) is 1.21. The minimum absolute atomic E-state index is 0.262. The zero-order chi connectivity index (χ0) is 14.4. The third-order valence-electron chi connectivity index (χ3n) is 6.41. The molecule has 0 radical (unpaired) electrons. The van der Waals surface area contributed by atoms with E-state index in [0.717, 1.165) is 11.5 Å². The fourth-order valence-electron chi connectivity index (χ4n) is 4.72.